The molecule has 1 nitrogen and oxygen atoms in total. The second-order valence-corrected chi connectivity index (χ2v) is 5.17. The van der Waals surface area contributed by atoms with Crippen LogP contribution in [0.3, 0.4) is 0 Å². The molecular weight excluding hydrogens is 228 g/mol. The first-order chi connectivity index (χ1) is 8.24. The largest absolute Gasteiger partial charge is 0.288 e. The van der Waals surface area contributed by atoms with E-state index in [2.05, 4.69) is 13.8 Å². The third-order valence-corrected chi connectivity index (χ3v) is 4.09. The lowest BCUT2D eigenvalue weighted by Crippen LogP contribution is -1.98. The van der Waals surface area contributed by atoms with Crippen LogP contribution in [0.5, 0.6) is 0 Å². The van der Waals surface area contributed by atoms with Crippen LogP contribution < -0.4 is 0 Å². The van der Waals surface area contributed by atoms with Crippen LogP contribution in [0.1, 0.15) is 39.5 Å². The average Bonchev–Trinajstić information content (AvgIpc) is 2.87. The van der Waals surface area contributed by atoms with Gasteiger partial charge in [0, 0.05) is 10.4 Å². The molecule has 2 aromatic rings. The van der Waals surface area contributed by atoms with Crippen molar-refractivity contribution in [2.45, 2.75) is 26.7 Å². The summed E-state index contributed by atoms with van der Waals surface area (Å²) in [5, 5.41) is 0. The van der Waals surface area contributed by atoms with Crippen molar-refractivity contribution in [3.05, 3.63) is 57.3 Å². The summed E-state index contributed by atoms with van der Waals surface area (Å²) in [7, 11) is 0. The first-order valence-corrected chi connectivity index (χ1v) is 6.78. The van der Waals surface area contributed by atoms with Crippen molar-refractivity contribution in [1.82, 2.24) is 0 Å². The Morgan fingerprint density at radius 2 is 1.71 bits per heavy atom. The predicted octanol–water partition coefficient (Wildman–Crippen LogP) is 4.10. The molecule has 2 rings (SSSR count). The summed E-state index contributed by atoms with van der Waals surface area (Å²) in [5.74, 6) is 0.136. The maximum atomic E-state index is 12.2. The second-order valence-electron chi connectivity index (χ2n) is 4.00. The predicted molar refractivity (Wildman–Crippen MR) is 72.9 cm³/mol. The Kier molecular flexibility index (Phi) is 3.75. The highest BCUT2D eigenvalue weighted by atomic mass is 32.1. The van der Waals surface area contributed by atoms with Crippen LogP contribution in [0.2, 0.25) is 0 Å². The zero-order valence-corrected chi connectivity index (χ0v) is 11.0. The van der Waals surface area contributed by atoms with Gasteiger partial charge in [0.15, 0.2) is 0 Å². The van der Waals surface area contributed by atoms with Gasteiger partial charge < -0.3 is 0 Å². The van der Waals surface area contributed by atoms with Gasteiger partial charge in [-0.05, 0) is 30.5 Å². The third-order valence-electron chi connectivity index (χ3n) is 2.86. The van der Waals surface area contributed by atoms with E-state index in [0.717, 1.165) is 23.3 Å². The molecule has 1 aromatic heterocycles. The Bertz CT molecular complexity index is 508. The second kappa shape index (κ2) is 5.28. The van der Waals surface area contributed by atoms with E-state index in [-0.39, 0.29) is 5.78 Å². The van der Waals surface area contributed by atoms with E-state index in [9.17, 15) is 4.79 Å². The Morgan fingerprint density at radius 3 is 2.24 bits per heavy atom. The fourth-order valence-corrected chi connectivity index (χ4v) is 2.63. The van der Waals surface area contributed by atoms with E-state index in [0.29, 0.717) is 0 Å². The van der Waals surface area contributed by atoms with Gasteiger partial charge in [0.05, 0.1) is 4.88 Å². The first-order valence-electron chi connectivity index (χ1n) is 5.97. The fourth-order valence-electron chi connectivity index (χ4n) is 1.72. The summed E-state index contributed by atoms with van der Waals surface area (Å²) >= 11 is 1.60. The van der Waals surface area contributed by atoms with Crippen molar-refractivity contribution in [2.24, 2.45) is 0 Å². The number of rotatable bonds is 4. The molecule has 1 heterocycles. The summed E-state index contributed by atoms with van der Waals surface area (Å²) in [5.41, 5.74) is 2.05. The fraction of sp³-hybridized carbons (Fsp3) is 0.267. The molecule has 17 heavy (non-hydrogen) atoms. The van der Waals surface area contributed by atoms with Crippen molar-refractivity contribution in [1.29, 1.82) is 0 Å². The average molecular weight is 244 g/mol. The number of ketones is 1. The molecule has 0 radical (unpaired) electrons. The highest BCUT2D eigenvalue weighted by Gasteiger charge is 2.11. The van der Waals surface area contributed by atoms with E-state index < -0.39 is 0 Å². The van der Waals surface area contributed by atoms with E-state index in [4.69, 9.17) is 0 Å². The normalized spacial score (nSPS) is 10.5. The van der Waals surface area contributed by atoms with Gasteiger partial charge in [0.25, 0.3) is 0 Å². The van der Waals surface area contributed by atoms with Crippen LogP contribution >= 0.6 is 11.3 Å². The van der Waals surface area contributed by atoms with Crippen molar-refractivity contribution in [3.63, 3.8) is 0 Å². The Hall–Kier alpha value is -1.41. The smallest absolute Gasteiger partial charge is 0.202 e. The van der Waals surface area contributed by atoms with E-state index >= 15 is 0 Å². The highest BCUT2D eigenvalue weighted by Crippen LogP contribution is 2.20. The summed E-state index contributed by atoms with van der Waals surface area (Å²) in [6.07, 6.45) is 2.00. The first kappa shape index (κ1) is 12.1. The van der Waals surface area contributed by atoms with Crippen molar-refractivity contribution >= 4 is 17.1 Å². The SMILES string of the molecule is CCc1ccc(C(=O)c2ccc(CC)s2)cc1. The molecule has 0 aliphatic rings. The Labute approximate surface area is 106 Å². The summed E-state index contributed by atoms with van der Waals surface area (Å²) < 4.78 is 0. The summed E-state index contributed by atoms with van der Waals surface area (Å²) in [6, 6.07) is 11.9. The van der Waals surface area contributed by atoms with Crippen LogP contribution in [-0.2, 0) is 12.8 Å². The maximum absolute atomic E-state index is 12.2. The highest BCUT2D eigenvalue weighted by molar-refractivity contribution is 7.14. The standard InChI is InChI=1S/C15H16OS/c1-3-11-5-7-12(8-6-11)15(16)14-10-9-13(4-2)17-14/h5-10H,3-4H2,1-2H3. The Morgan fingerprint density at radius 1 is 1.00 bits per heavy atom. The molecule has 0 saturated carbocycles. The molecule has 0 saturated heterocycles. The minimum absolute atomic E-state index is 0.136. The topological polar surface area (TPSA) is 17.1 Å². The van der Waals surface area contributed by atoms with Gasteiger partial charge in [0.2, 0.25) is 5.78 Å². The van der Waals surface area contributed by atoms with E-state index in [1.54, 1.807) is 11.3 Å². The molecule has 1 aromatic carbocycles. The summed E-state index contributed by atoms with van der Waals surface area (Å²) in [4.78, 5) is 14.3. The minimum Gasteiger partial charge on any atom is -0.288 e. The molecule has 2 heteroatoms. The molecule has 0 atom stereocenters. The third kappa shape index (κ3) is 2.64. The zero-order valence-electron chi connectivity index (χ0n) is 10.2. The van der Waals surface area contributed by atoms with Gasteiger partial charge >= 0.3 is 0 Å². The van der Waals surface area contributed by atoms with Crippen molar-refractivity contribution in [2.75, 3.05) is 0 Å². The van der Waals surface area contributed by atoms with Crippen LogP contribution in [0, 0.1) is 0 Å². The number of thiophene rings is 1. The van der Waals surface area contributed by atoms with Crippen LogP contribution in [-0.4, -0.2) is 5.78 Å². The molecule has 0 aliphatic heterocycles. The number of benzene rings is 1. The van der Waals surface area contributed by atoms with Crippen molar-refractivity contribution in [3.8, 4) is 0 Å². The molecule has 88 valence electrons. The quantitative estimate of drug-likeness (QED) is 0.740. The lowest BCUT2D eigenvalue weighted by Gasteiger charge is -2.00. The lowest BCUT2D eigenvalue weighted by molar-refractivity contribution is 0.104. The molecule has 0 N–H and O–H groups in total. The maximum Gasteiger partial charge on any atom is 0.202 e. The molecule has 0 aliphatic carbocycles. The zero-order chi connectivity index (χ0) is 12.3. The van der Waals surface area contributed by atoms with Gasteiger partial charge in [-0.2, -0.15) is 0 Å². The van der Waals surface area contributed by atoms with E-state index in [1.165, 1.54) is 10.4 Å². The van der Waals surface area contributed by atoms with E-state index in [1.807, 2.05) is 36.4 Å². The molecule has 0 bridgehead atoms. The number of aryl methyl sites for hydroxylation is 2. The lowest BCUT2D eigenvalue weighted by atomic mass is 10.1. The van der Waals surface area contributed by atoms with Gasteiger partial charge in [-0.3, -0.25) is 4.79 Å². The number of hydrogen-bond donors (Lipinski definition) is 0. The van der Waals surface area contributed by atoms with Crippen LogP contribution in [0.4, 0.5) is 0 Å². The number of carbonyl (C=O) groups is 1. The van der Waals surface area contributed by atoms with Gasteiger partial charge in [-0.15, -0.1) is 11.3 Å². The van der Waals surface area contributed by atoms with Gasteiger partial charge in [-0.25, -0.2) is 0 Å². The van der Waals surface area contributed by atoms with Crippen LogP contribution in [0.15, 0.2) is 36.4 Å². The monoisotopic (exact) mass is 244 g/mol. The van der Waals surface area contributed by atoms with Gasteiger partial charge in [-0.1, -0.05) is 38.1 Å². The molecule has 0 fully saturated rings. The molecular formula is C15H16OS. The van der Waals surface area contributed by atoms with Crippen molar-refractivity contribution < 1.29 is 4.79 Å². The summed E-state index contributed by atoms with van der Waals surface area (Å²) in [6.45, 7) is 4.22. The van der Waals surface area contributed by atoms with Crippen LogP contribution in [0.25, 0.3) is 0 Å². The minimum atomic E-state index is 0.136. The molecule has 0 spiro atoms. The molecule has 0 unspecified atom stereocenters. The molecule has 0 amide bonds. The number of hydrogen-bond acceptors (Lipinski definition) is 2. The number of carbonyl (C=O) groups excluding carboxylic acids is 1. The Balaban J connectivity index is 2.23. The van der Waals surface area contributed by atoms with Gasteiger partial charge in [0.1, 0.15) is 0 Å².